The maximum atomic E-state index is 11.7. The molecular weight excluding hydrogens is 650 g/mol. The van der Waals surface area contributed by atoms with Gasteiger partial charge in [0.05, 0.1) is 32.6 Å². The van der Waals surface area contributed by atoms with Crippen molar-refractivity contribution in [2.75, 3.05) is 7.11 Å². The second-order valence-electron chi connectivity index (χ2n) is 12.2. The smallest absolute Gasteiger partial charge is 0.336 e. The molecule has 0 amide bonds. The van der Waals surface area contributed by atoms with E-state index in [4.69, 9.17) is 32.8 Å². The third-order valence-electron chi connectivity index (χ3n) is 8.61. The summed E-state index contributed by atoms with van der Waals surface area (Å²) in [6, 6.07) is 38.4. The summed E-state index contributed by atoms with van der Waals surface area (Å²) in [5.41, 5.74) is 3.68. The summed E-state index contributed by atoms with van der Waals surface area (Å²) in [7, 11) is 1.60. The monoisotopic (exact) mass is 689 g/mol. The number of nitrogens with zero attached hydrogens (tertiary/aromatic N) is 3. The number of ether oxygens (including phenoxy) is 6. The van der Waals surface area contributed by atoms with Gasteiger partial charge in [-0.3, -0.25) is 0 Å². The molecule has 0 bridgehead atoms. The zero-order chi connectivity index (χ0) is 34.8. The highest BCUT2D eigenvalue weighted by molar-refractivity contribution is 5.77. The van der Waals surface area contributed by atoms with Gasteiger partial charge in [0.1, 0.15) is 48.0 Å². The Balaban J connectivity index is 1.12. The van der Waals surface area contributed by atoms with E-state index in [1.165, 1.54) is 6.07 Å². The average Bonchev–Trinajstić information content (AvgIpc) is 3.63. The van der Waals surface area contributed by atoms with Gasteiger partial charge in [-0.25, -0.2) is 9.48 Å². The van der Waals surface area contributed by atoms with Crippen LogP contribution >= 0.6 is 0 Å². The molecule has 7 rings (SSSR count). The van der Waals surface area contributed by atoms with Crippen LogP contribution in [0, 0.1) is 0 Å². The van der Waals surface area contributed by atoms with Crippen LogP contribution in [0.5, 0.6) is 5.75 Å². The van der Waals surface area contributed by atoms with Crippen molar-refractivity contribution in [3.05, 3.63) is 160 Å². The first-order valence-corrected chi connectivity index (χ1v) is 16.8. The fourth-order valence-electron chi connectivity index (χ4n) is 6.05. The van der Waals surface area contributed by atoms with E-state index >= 15 is 0 Å². The summed E-state index contributed by atoms with van der Waals surface area (Å²) in [6.07, 6.45) is -1.25. The van der Waals surface area contributed by atoms with Crippen molar-refractivity contribution in [2.45, 2.75) is 63.7 Å². The van der Waals surface area contributed by atoms with Gasteiger partial charge in [-0.05, 0) is 34.9 Å². The van der Waals surface area contributed by atoms with Gasteiger partial charge in [0.25, 0.3) is 0 Å². The zero-order valence-electron chi connectivity index (χ0n) is 28.2. The predicted octanol–water partition coefficient (Wildman–Crippen LogP) is 6.09. The molecular formula is C40H39N3O8. The lowest BCUT2D eigenvalue weighted by Crippen LogP contribution is -2.61. The molecule has 1 aliphatic heterocycles. The normalized spacial score (nSPS) is 20.4. The molecule has 2 aromatic heterocycles. The summed E-state index contributed by atoms with van der Waals surface area (Å²) < 4.78 is 45.4. The minimum Gasteiger partial charge on any atom is -0.487 e. The third kappa shape index (κ3) is 8.95. The molecule has 262 valence electrons. The van der Waals surface area contributed by atoms with E-state index in [2.05, 4.69) is 10.3 Å². The van der Waals surface area contributed by atoms with E-state index in [1.807, 2.05) is 103 Å². The van der Waals surface area contributed by atoms with Crippen LogP contribution in [0.2, 0.25) is 0 Å². The van der Waals surface area contributed by atoms with Gasteiger partial charge in [0.2, 0.25) is 0 Å². The van der Waals surface area contributed by atoms with Crippen molar-refractivity contribution in [3.8, 4) is 5.75 Å². The fourth-order valence-corrected chi connectivity index (χ4v) is 6.05. The number of hydrogen-bond donors (Lipinski definition) is 0. The summed E-state index contributed by atoms with van der Waals surface area (Å²) in [5.74, 6) is 0.541. The highest BCUT2D eigenvalue weighted by Crippen LogP contribution is 2.32. The van der Waals surface area contributed by atoms with E-state index in [9.17, 15) is 4.79 Å². The molecule has 0 radical (unpaired) electrons. The summed E-state index contributed by atoms with van der Waals surface area (Å²) >= 11 is 0. The summed E-state index contributed by atoms with van der Waals surface area (Å²) in [4.78, 5) is 11.7. The zero-order valence-corrected chi connectivity index (χ0v) is 28.2. The standard InChI is InChI=1S/C40H39N3O8/c1-45-40-39(49-26-30-15-9-4-10-16-30)38(48-25-29-13-7-3-8-14-29)37(47-24-28-11-5-2-6-12-28)35(51-40)23-43-22-32(41-42-43)27-46-33-19-17-31-18-20-36(44)50-34(31)21-33/h2-22,35,37-40H,23-27H2,1H3. The molecule has 0 aliphatic carbocycles. The van der Waals surface area contributed by atoms with Gasteiger partial charge < -0.3 is 32.8 Å². The third-order valence-corrected chi connectivity index (χ3v) is 8.61. The SMILES string of the molecule is COC1OC(Cn2cc(COc3ccc4ccc(=O)oc4c3)nn2)C(OCc2ccccc2)C(OCc2ccccc2)C1OCc1ccccc1. The Morgan fingerprint density at radius 2 is 1.27 bits per heavy atom. The highest BCUT2D eigenvalue weighted by Gasteiger charge is 2.49. The van der Waals surface area contributed by atoms with Crippen LogP contribution in [0.25, 0.3) is 11.0 Å². The molecule has 11 heteroatoms. The Bertz CT molecular complexity index is 2020. The molecule has 0 N–H and O–H groups in total. The Labute approximate surface area is 295 Å². The van der Waals surface area contributed by atoms with Gasteiger partial charge in [0, 0.05) is 24.6 Å². The van der Waals surface area contributed by atoms with Crippen LogP contribution in [0.1, 0.15) is 22.4 Å². The van der Waals surface area contributed by atoms with Gasteiger partial charge in [-0.15, -0.1) is 5.10 Å². The average molecular weight is 690 g/mol. The van der Waals surface area contributed by atoms with Crippen molar-refractivity contribution in [1.29, 1.82) is 0 Å². The molecule has 1 saturated heterocycles. The van der Waals surface area contributed by atoms with Crippen LogP contribution in [-0.2, 0) is 56.7 Å². The number of rotatable bonds is 15. The topological polar surface area (TPSA) is 116 Å². The van der Waals surface area contributed by atoms with Gasteiger partial charge in [-0.2, -0.15) is 0 Å². The van der Waals surface area contributed by atoms with Crippen LogP contribution in [-0.4, -0.2) is 52.8 Å². The Morgan fingerprint density at radius 1 is 0.686 bits per heavy atom. The molecule has 4 aromatic carbocycles. The second-order valence-corrected chi connectivity index (χ2v) is 12.2. The van der Waals surface area contributed by atoms with Crippen molar-refractivity contribution >= 4 is 11.0 Å². The number of hydrogen-bond acceptors (Lipinski definition) is 10. The van der Waals surface area contributed by atoms with Gasteiger partial charge in [-0.1, -0.05) is 96.2 Å². The van der Waals surface area contributed by atoms with Crippen molar-refractivity contribution in [1.82, 2.24) is 15.0 Å². The van der Waals surface area contributed by atoms with Crippen molar-refractivity contribution < 1.29 is 32.8 Å². The Hall–Kier alpha value is -5.17. The molecule has 1 fully saturated rings. The van der Waals surface area contributed by atoms with Crippen LogP contribution in [0.3, 0.4) is 0 Å². The summed E-state index contributed by atoms with van der Waals surface area (Å²) in [5, 5.41) is 9.52. The molecule has 0 spiro atoms. The number of fused-ring (bicyclic) bond motifs is 1. The molecule has 1 aliphatic rings. The van der Waals surface area contributed by atoms with Gasteiger partial charge in [0.15, 0.2) is 6.29 Å². The van der Waals surface area contributed by atoms with Crippen LogP contribution in [0.4, 0.5) is 0 Å². The van der Waals surface area contributed by atoms with E-state index < -0.39 is 36.3 Å². The van der Waals surface area contributed by atoms with Crippen molar-refractivity contribution in [3.63, 3.8) is 0 Å². The predicted molar refractivity (Wildman–Crippen MR) is 188 cm³/mol. The lowest BCUT2D eigenvalue weighted by molar-refractivity contribution is -0.319. The molecule has 5 unspecified atom stereocenters. The molecule has 3 heterocycles. The second kappa shape index (κ2) is 16.7. The number of aromatic nitrogens is 3. The van der Waals surface area contributed by atoms with E-state index in [0.29, 0.717) is 43.4 Å². The number of methoxy groups -OCH3 is 1. The van der Waals surface area contributed by atoms with Gasteiger partial charge >= 0.3 is 5.63 Å². The van der Waals surface area contributed by atoms with E-state index in [0.717, 1.165) is 22.1 Å². The Morgan fingerprint density at radius 3 is 1.90 bits per heavy atom. The molecule has 51 heavy (non-hydrogen) atoms. The number of benzene rings is 4. The fraction of sp³-hybridized carbons (Fsp3) is 0.275. The minimum atomic E-state index is -0.754. The summed E-state index contributed by atoms with van der Waals surface area (Å²) in [6.45, 7) is 1.47. The van der Waals surface area contributed by atoms with Crippen LogP contribution < -0.4 is 10.4 Å². The molecule has 11 nitrogen and oxygen atoms in total. The molecule has 6 aromatic rings. The largest absolute Gasteiger partial charge is 0.487 e. The minimum absolute atomic E-state index is 0.154. The lowest BCUT2D eigenvalue weighted by Gasteiger charge is -2.45. The maximum Gasteiger partial charge on any atom is 0.336 e. The molecule has 0 saturated carbocycles. The van der Waals surface area contributed by atoms with E-state index in [1.54, 1.807) is 30.1 Å². The first-order valence-electron chi connectivity index (χ1n) is 16.8. The van der Waals surface area contributed by atoms with Crippen molar-refractivity contribution in [2.24, 2.45) is 0 Å². The first-order chi connectivity index (χ1) is 25.1. The first kappa shape index (κ1) is 34.3. The van der Waals surface area contributed by atoms with E-state index in [-0.39, 0.29) is 6.61 Å². The van der Waals surface area contributed by atoms with Crippen LogP contribution in [0.15, 0.2) is 137 Å². The maximum absolute atomic E-state index is 11.7. The quantitative estimate of drug-likeness (QED) is 0.117. The molecule has 5 atom stereocenters. The highest BCUT2D eigenvalue weighted by atomic mass is 16.7. The Kier molecular flexibility index (Phi) is 11.2. The lowest BCUT2D eigenvalue weighted by atomic mass is 9.97.